The number of β-lactam (4-membered cyclic amide) rings is 1. The van der Waals surface area contributed by atoms with Gasteiger partial charge in [0.2, 0.25) is 10.9 Å². The number of thioether (sulfide) groups is 1. The van der Waals surface area contributed by atoms with Gasteiger partial charge in [-0.15, -0.1) is 11.8 Å². The van der Waals surface area contributed by atoms with E-state index in [0.29, 0.717) is 6.42 Å². The average molecular weight is 513 g/mol. The van der Waals surface area contributed by atoms with E-state index in [2.05, 4.69) is 4.98 Å². The van der Waals surface area contributed by atoms with Crippen LogP contribution in [-0.2, 0) is 19.1 Å². The highest BCUT2D eigenvalue weighted by atomic mass is 32.2. The molecule has 186 valence electrons. The second-order valence-corrected chi connectivity index (χ2v) is 11.4. The van der Waals surface area contributed by atoms with Crippen molar-refractivity contribution in [2.24, 2.45) is 17.1 Å². The zero-order valence-electron chi connectivity index (χ0n) is 19.2. The Hall–Kier alpha value is -2.48. The Kier molecular flexibility index (Phi) is 7.14. The standard InChI is InChI=1S/C21H28N4O7S2/c1-5-6-9(11-13(22)33-14(24-11)17(29)32-20(2,3)4)12(27)10-15(28)25-7-21(8-26,19(30)31)18(23)34-16(10)25/h6,10,16,18,26H,5,7-8,22-23H2,1-4H3,(H,30,31)/b9-6-/t10?,16-,18?,21?/m1/s1. The van der Waals surface area contributed by atoms with Gasteiger partial charge in [-0.25, -0.2) is 9.78 Å². The van der Waals surface area contributed by atoms with Crippen molar-refractivity contribution in [1.82, 2.24) is 9.88 Å². The van der Waals surface area contributed by atoms with E-state index in [1.54, 1.807) is 33.8 Å². The first-order valence-electron chi connectivity index (χ1n) is 10.6. The van der Waals surface area contributed by atoms with Crippen molar-refractivity contribution in [2.75, 3.05) is 18.9 Å². The maximum absolute atomic E-state index is 13.5. The van der Waals surface area contributed by atoms with E-state index in [1.165, 1.54) is 4.90 Å². The summed E-state index contributed by atoms with van der Waals surface area (Å²) in [6.45, 7) is 5.90. The number of carbonyl (C=O) groups excluding carboxylic acids is 3. The van der Waals surface area contributed by atoms with Gasteiger partial charge in [0, 0.05) is 12.1 Å². The van der Waals surface area contributed by atoms with Gasteiger partial charge in [-0.1, -0.05) is 24.3 Å². The van der Waals surface area contributed by atoms with E-state index in [1.807, 2.05) is 0 Å². The molecule has 0 radical (unpaired) electrons. The number of carboxylic acid groups (broad SMARTS) is 1. The number of aliphatic hydroxyl groups excluding tert-OH is 1. The van der Waals surface area contributed by atoms with Gasteiger partial charge in [-0.05, 0) is 27.2 Å². The largest absolute Gasteiger partial charge is 0.481 e. The van der Waals surface area contributed by atoms with E-state index >= 15 is 0 Å². The average Bonchev–Trinajstić information content (AvgIpc) is 3.12. The number of esters is 1. The molecule has 0 saturated carbocycles. The van der Waals surface area contributed by atoms with Crippen LogP contribution in [0.3, 0.4) is 0 Å². The highest BCUT2D eigenvalue weighted by Crippen LogP contribution is 2.49. The Labute approximate surface area is 204 Å². The molecule has 2 fully saturated rings. The number of anilines is 1. The molecule has 11 nitrogen and oxygen atoms in total. The predicted molar refractivity (Wildman–Crippen MR) is 127 cm³/mol. The summed E-state index contributed by atoms with van der Waals surface area (Å²) < 4.78 is 5.32. The molecule has 1 amide bonds. The van der Waals surface area contributed by atoms with Crippen LogP contribution in [0, 0.1) is 11.3 Å². The molecule has 0 aliphatic carbocycles. The second-order valence-electron chi connectivity index (χ2n) is 9.13. The number of hydrogen-bond donors (Lipinski definition) is 4. The van der Waals surface area contributed by atoms with Crippen molar-refractivity contribution in [3.63, 3.8) is 0 Å². The Balaban J connectivity index is 1.88. The minimum Gasteiger partial charge on any atom is -0.481 e. The molecule has 2 saturated heterocycles. The maximum atomic E-state index is 13.5. The van der Waals surface area contributed by atoms with Crippen molar-refractivity contribution in [1.29, 1.82) is 0 Å². The van der Waals surface area contributed by atoms with Crippen LogP contribution in [0.5, 0.6) is 0 Å². The number of aliphatic hydroxyl groups is 1. The normalized spacial score (nSPS) is 27.1. The van der Waals surface area contributed by atoms with E-state index in [-0.39, 0.29) is 27.8 Å². The lowest BCUT2D eigenvalue weighted by Crippen LogP contribution is -2.72. The van der Waals surface area contributed by atoms with Crippen LogP contribution in [0.1, 0.15) is 49.6 Å². The number of Topliss-reactive ketones (excluding diaryl/α,β-unsaturated/α-hetero) is 1. The lowest BCUT2D eigenvalue weighted by atomic mass is 9.82. The number of amides is 1. The fraction of sp³-hybridized carbons (Fsp3) is 0.571. The van der Waals surface area contributed by atoms with Crippen molar-refractivity contribution in [3.8, 4) is 0 Å². The number of aliphatic carboxylic acids is 1. The summed E-state index contributed by atoms with van der Waals surface area (Å²) >= 11 is 1.85. The Morgan fingerprint density at radius 2 is 2.00 bits per heavy atom. The molecule has 34 heavy (non-hydrogen) atoms. The zero-order valence-corrected chi connectivity index (χ0v) is 20.9. The van der Waals surface area contributed by atoms with Crippen LogP contribution < -0.4 is 11.5 Å². The maximum Gasteiger partial charge on any atom is 0.368 e. The third-order valence-electron chi connectivity index (χ3n) is 5.57. The number of carboxylic acids is 1. The summed E-state index contributed by atoms with van der Waals surface area (Å²) in [5, 5.41) is 17.7. The van der Waals surface area contributed by atoms with Gasteiger partial charge in [-0.3, -0.25) is 14.4 Å². The molecule has 3 unspecified atom stereocenters. The van der Waals surface area contributed by atoms with Crippen molar-refractivity contribution in [3.05, 3.63) is 16.8 Å². The molecule has 0 spiro atoms. The van der Waals surface area contributed by atoms with Crippen LogP contribution in [0.4, 0.5) is 5.00 Å². The number of fused-ring (bicyclic) bond motifs is 1. The van der Waals surface area contributed by atoms with Crippen LogP contribution in [-0.4, -0.2) is 73.2 Å². The number of carbonyl (C=O) groups is 4. The highest BCUT2D eigenvalue weighted by molar-refractivity contribution is 8.00. The first-order valence-corrected chi connectivity index (χ1v) is 12.3. The van der Waals surface area contributed by atoms with Gasteiger partial charge in [0.1, 0.15) is 27.6 Å². The number of hydrogen-bond acceptors (Lipinski definition) is 11. The van der Waals surface area contributed by atoms with E-state index in [4.69, 9.17) is 16.2 Å². The Morgan fingerprint density at radius 1 is 1.35 bits per heavy atom. The molecule has 0 aromatic carbocycles. The number of thiazole rings is 1. The van der Waals surface area contributed by atoms with Crippen LogP contribution in [0.2, 0.25) is 0 Å². The van der Waals surface area contributed by atoms with Gasteiger partial charge >= 0.3 is 11.9 Å². The minimum atomic E-state index is -1.71. The molecule has 6 N–H and O–H groups in total. The lowest BCUT2D eigenvalue weighted by molar-refractivity contribution is -0.165. The van der Waals surface area contributed by atoms with E-state index < -0.39 is 57.9 Å². The zero-order chi connectivity index (χ0) is 25.6. The minimum absolute atomic E-state index is 0.0120. The first-order chi connectivity index (χ1) is 15.8. The topological polar surface area (TPSA) is 186 Å². The molecule has 3 heterocycles. The molecule has 2 aliphatic rings. The second kappa shape index (κ2) is 9.29. The molecule has 4 atom stereocenters. The van der Waals surface area contributed by atoms with Gasteiger partial charge in [0.05, 0.1) is 17.4 Å². The number of ether oxygens (including phenoxy) is 1. The number of ketones is 1. The van der Waals surface area contributed by atoms with Crippen LogP contribution in [0.15, 0.2) is 6.08 Å². The number of aromatic nitrogens is 1. The summed E-state index contributed by atoms with van der Waals surface area (Å²) in [7, 11) is 0. The third kappa shape index (κ3) is 4.44. The van der Waals surface area contributed by atoms with Crippen LogP contribution >= 0.6 is 23.1 Å². The Bertz CT molecular complexity index is 1060. The molecule has 3 rings (SSSR count). The van der Waals surface area contributed by atoms with Gasteiger partial charge in [-0.2, -0.15) is 0 Å². The van der Waals surface area contributed by atoms with Crippen LogP contribution in [0.25, 0.3) is 5.57 Å². The van der Waals surface area contributed by atoms with Crippen molar-refractivity contribution >= 4 is 57.3 Å². The Morgan fingerprint density at radius 3 is 2.53 bits per heavy atom. The number of rotatable bonds is 7. The van der Waals surface area contributed by atoms with E-state index in [9.17, 15) is 29.4 Å². The van der Waals surface area contributed by atoms with Gasteiger partial charge < -0.3 is 31.3 Å². The van der Waals surface area contributed by atoms with Gasteiger partial charge in [0.15, 0.2) is 5.78 Å². The van der Waals surface area contributed by atoms with E-state index in [0.717, 1.165) is 23.1 Å². The number of nitrogen functional groups attached to an aromatic ring is 1. The SMILES string of the molecule is CC/C=C(\C(=O)C1C(=O)N2CC(CO)(C(=O)O)C(N)S[C@H]12)c1nc(C(=O)OC(C)(C)C)sc1N. The first kappa shape index (κ1) is 26.1. The lowest BCUT2D eigenvalue weighted by Gasteiger charge is -2.55. The van der Waals surface area contributed by atoms with Gasteiger partial charge in [0.25, 0.3) is 0 Å². The number of nitrogens with two attached hydrogens (primary N) is 2. The summed E-state index contributed by atoms with van der Waals surface area (Å²) in [5.41, 5.74) is 9.89. The molecular formula is C21H28N4O7S2. The fourth-order valence-corrected chi connectivity index (χ4v) is 6.03. The molecule has 1 aromatic rings. The molecule has 1 aromatic heterocycles. The van der Waals surface area contributed by atoms with Crippen molar-refractivity contribution < 1.29 is 34.1 Å². The quantitative estimate of drug-likeness (QED) is 0.176. The fourth-order valence-electron chi connectivity index (χ4n) is 3.78. The smallest absolute Gasteiger partial charge is 0.368 e. The summed E-state index contributed by atoms with van der Waals surface area (Å²) in [4.78, 5) is 56.0. The molecule has 13 heteroatoms. The summed E-state index contributed by atoms with van der Waals surface area (Å²) in [5.74, 6) is -4.19. The summed E-state index contributed by atoms with van der Waals surface area (Å²) in [6.07, 6.45) is 2.03. The number of allylic oxidation sites excluding steroid dienone is 2. The molecule has 0 bridgehead atoms. The third-order valence-corrected chi connectivity index (χ3v) is 7.99. The summed E-state index contributed by atoms with van der Waals surface area (Å²) in [6, 6.07) is 0. The highest BCUT2D eigenvalue weighted by Gasteiger charge is 2.62. The monoisotopic (exact) mass is 512 g/mol. The van der Waals surface area contributed by atoms with Crippen molar-refractivity contribution in [2.45, 2.75) is 50.5 Å². The predicted octanol–water partition coefficient (Wildman–Crippen LogP) is 0.923. The molecule has 2 aliphatic heterocycles. The molecular weight excluding hydrogens is 484 g/mol. The number of nitrogens with zero attached hydrogens (tertiary/aromatic N) is 2.